The number of hydrogen-bond donors (Lipinski definition) is 1. The molecule has 0 aliphatic carbocycles. The largest absolute Gasteiger partial charge is 0.476 e. The second kappa shape index (κ2) is 10.4. The average Bonchev–Trinajstić information content (AvgIpc) is 3.51. The van der Waals surface area contributed by atoms with E-state index in [9.17, 15) is 18.0 Å². The Bertz CT molecular complexity index is 1350. The second-order valence-corrected chi connectivity index (χ2v) is 12.2. The monoisotopic (exact) mass is 565 g/mol. The lowest BCUT2D eigenvalue weighted by atomic mass is 9.94. The lowest BCUT2D eigenvalue weighted by Gasteiger charge is -2.34. The molecule has 1 fully saturated rings. The van der Waals surface area contributed by atoms with Crippen LogP contribution in [0.1, 0.15) is 57.1 Å². The molecule has 0 radical (unpaired) electrons. The second-order valence-electron chi connectivity index (χ2n) is 11.3. The van der Waals surface area contributed by atoms with E-state index in [1.54, 1.807) is 23.0 Å². The lowest BCUT2D eigenvalue weighted by Crippen LogP contribution is -2.40. The molecule has 3 aromatic rings. The van der Waals surface area contributed by atoms with Crippen LogP contribution in [0.3, 0.4) is 0 Å². The van der Waals surface area contributed by atoms with Gasteiger partial charge in [-0.05, 0) is 71.0 Å². The Morgan fingerprint density at radius 1 is 1.23 bits per heavy atom. The molecule has 0 bridgehead atoms. The summed E-state index contributed by atoms with van der Waals surface area (Å²) in [6.07, 6.45) is -0.0734. The molecular weight excluding hydrogens is 531 g/mol. The number of hydrogen-bond acceptors (Lipinski definition) is 7. The molecular formula is C26H34F3N7O2S. The number of alkyl halides is 3. The number of rotatable bonds is 8. The van der Waals surface area contributed by atoms with Crippen LogP contribution in [0.5, 0.6) is 5.88 Å². The van der Waals surface area contributed by atoms with Crippen LogP contribution in [0.2, 0.25) is 0 Å². The molecule has 1 aliphatic heterocycles. The number of aromatic nitrogens is 5. The maximum absolute atomic E-state index is 13.4. The number of ether oxygens (including phenoxy) is 1. The molecule has 1 amide bonds. The zero-order valence-electron chi connectivity index (χ0n) is 23.1. The van der Waals surface area contributed by atoms with Crippen LogP contribution in [0.15, 0.2) is 35.5 Å². The lowest BCUT2D eigenvalue weighted by molar-refractivity contribution is -0.219. The minimum atomic E-state index is -4.41. The Morgan fingerprint density at radius 3 is 2.54 bits per heavy atom. The number of carbonyl (C=O) groups is 1. The fourth-order valence-corrected chi connectivity index (χ4v) is 5.30. The van der Waals surface area contributed by atoms with Crippen LogP contribution in [-0.2, 0) is 7.05 Å². The Hall–Kier alpha value is -3.22. The van der Waals surface area contributed by atoms with Crippen molar-refractivity contribution in [1.29, 1.82) is 0 Å². The predicted octanol–water partition coefficient (Wildman–Crippen LogP) is 5.34. The number of amides is 1. The molecule has 212 valence electrons. The maximum Gasteiger partial charge on any atom is 0.397 e. The summed E-state index contributed by atoms with van der Waals surface area (Å²) in [5, 5.41) is 8.58. The average molecular weight is 566 g/mol. The SMILES string of the molecule is Cc1nn(C)cc1SNC(=O)c1ccc(-n2ccc(OCC(C)(C)C(F)(F)F)n2)nc1N1C[C@@H](C)CC1(C)C. The predicted molar refractivity (Wildman–Crippen MR) is 143 cm³/mol. The van der Waals surface area contributed by atoms with Gasteiger partial charge in [-0.2, -0.15) is 18.3 Å². The fraction of sp³-hybridized carbons (Fsp3) is 0.538. The molecule has 0 aromatic carbocycles. The van der Waals surface area contributed by atoms with E-state index in [0.29, 0.717) is 23.1 Å². The third-order valence-electron chi connectivity index (χ3n) is 6.80. The zero-order valence-corrected chi connectivity index (χ0v) is 23.9. The molecule has 0 saturated carbocycles. The number of halogens is 3. The number of pyridine rings is 1. The molecule has 13 heteroatoms. The summed E-state index contributed by atoms with van der Waals surface area (Å²) in [7, 11) is 1.82. The first-order valence-corrected chi connectivity index (χ1v) is 13.4. The van der Waals surface area contributed by atoms with Gasteiger partial charge >= 0.3 is 6.18 Å². The quantitative estimate of drug-likeness (QED) is 0.369. The smallest absolute Gasteiger partial charge is 0.397 e. The number of nitrogens with zero attached hydrogens (tertiary/aromatic N) is 6. The molecule has 9 nitrogen and oxygen atoms in total. The van der Waals surface area contributed by atoms with Gasteiger partial charge in [0.1, 0.15) is 12.4 Å². The third-order valence-corrected chi connectivity index (χ3v) is 7.71. The Morgan fingerprint density at radius 2 is 1.95 bits per heavy atom. The summed E-state index contributed by atoms with van der Waals surface area (Å²) in [5.74, 6) is 1.08. The van der Waals surface area contributed by atoms with E-state index in [1.807, 2.05) is 20.2 Å². The van der Waals surface area contributed by atoms with Gasteiger partial charge in [0.25, 0.3) is 5.91 Å². The molecule has 4 rings (SSSR count). The van der Waals surface area contributed by atoms with Gasteiger partial charge in [0.15, 0.2) is 5.82 Å². The minimum absolute atomic E-state index is 0.0517. The van der Waals surface area contributed by atoms with Crippen molar-refractivity contribution in [2.45, 2.75) is 64.6 Å². The van der Waals surface area contributed by atoms with Gasteiger partial charge in [0.05, 0.1) is 21.6 Å². The van der Waals surface area contributed by atoms with Crippen molar-refractivity contribution in [3.05, 3.63) is 41.9 Å². The van der Waals surface area contributed by atoms with Crippen molar-refractivity contribution in [3.8, 4) is 11.7 Å². The summed E-state index contributed by atoms with van der Waals surface area (Å²) in [6.45, 7) is 10.6. The Balaban J connectivity index is 1.61. The summed E-state index contributed by atoms with van der Waals surface area (Å²) >= 11 is 1.19. The first-order valence-electron chi connectivity index (χ1n) is 12.6. The van der Waals surface area contributed by atoms with Crippen LogP contribution < -0.4 is 14.4 Å². The van der Waals surface area contributed by atoms with E-state index in [1.165, 1.54) is 22.7 Å². The van der Waals surface area contributed by atoms with Crippen molar-refractivity contribution in [1.82, 2.24) is 29.3 Å². The van der Waals surface area contributed by atoms with Crippen LogP contribution in [-0.4, -0.2) is 55.3 Å². The van der Waals surface area contributed by atoms with Crippen molar-refractivity contribution in [3.63, 3.8) is 0 Å². The molecule has 0 spiro atoms. The van der Waals surface area contributed by atoms with Crippen LogP contribution in [0.25, 0.3) is 5.82 Å². The highest BCUT2D eigenvalue weighted by Gasteiger charge is 2.48. The van der Waals surface area contributed by atoms with E-state index in [-0.39, 0.29) is 17.3 Å². The standard InChI is InChI=1S/C26H34F3N7O2S/c1-16-12-25(5,6)35(13-16)22-18(23(37)33-39-19-14-34(7)31-17(19)2)8-9-20(30-22)36-11-10-21(32-36)38-15-24(3,4)26(27,28)29/h8-11,14,16H,12-13,15H2,1-7H3,(H,33,37)/t16-/m0/s1. The van der Waals surface area contributed by atoms with Gasteiger partial charge in [-0.25, -0.2) is 9.67 Å². The number of nitrogens with one attached hydrogen (secondary N) is 1. The van der Waals surface area contributed by atoms with E-state index in [4.69, 9.17) is 9.72 Å². The highest BCUT2D eigenvalue weighted by Crippen LogP contribution is 2.39. The minimum Gasteiger partial charge on any atom is -0.476 e. The first kappa shape index (κ1) is 28.8. The normalized spacial score (nSPS) is 17.5. The van der Waals surface area contributed by atoms with Gasteiger partial charge in [-0.3, -0.25) is 14.2 Å². The molecule has 1 atom stereocenters. The van der Waals surface area contributed by atoms with Crippen molar-refractivity contribution >= 4 is 23.7 Å². The topological polar surface area (TPSA) is 90.1 Å². The summed E-state index contributed by atoms with van der Waals surface area (Å²) in [6, 6.07) is 4.84. The molecule has 3 aromatic heterocycles. The Kier molecular flexibility index (Phi) is 7.67. The summed E-state index contributed by atoms with van der Waals surface area (Å²) in [4.78, 5) is 21.1. The fourth-order valence-electron chi connectivity index (χ4n) is 4.59. The van der Waals surface area contributed by atoms with Crippen LogP contribution in [0, 0.1) is 18.3 Å². The molecule has 1 aliphatic rings. The van der Waals surface area contributed by atoms with Gasteiger partial charge in [-0.1, -0.05) is 6.92 Å². The van der Waals surface area contributed by atoms with Gasteiger partial charge < -0.3 is 9.64 Å². The molecule has 0 unspecified atom stereocenters. The maximum atomic E-state index is 13.4. The molecule has 1 saturated heterocycles. The van der Waals surface area contributed by atoms with Crippen molar-refractivity contribution in [2.24, 2.45) is 18.4 Å². The summed E-state index contributed by atoms with van der Waals surface area (Å²) in [5.41, 5.74) is -1.05. The zero-order chi connectivity index (χ0) is 28.8. The van der Waals surface area contributed by atoms with Crippen molar-refractivity contribution in [2.75, 3.05) is 18.1 Å². The van der Waals surface area contributed by atoms with Gasteiger partial charge in [-0.15, -0.1) is 5.10 Å². The van der Waals surface area contributed by atoms with Gasteiger partial charge in [0.2, 0.25) is 5.88 Å². The number of anilines is 1. The number of aryl methyl sites for hydroxylation is 2. The van der Waals surface area contributed by atoms with E-state index in [0.717, 1.165) is 37.4 Å². The van der Waals surface area contributed by atoms with Crippen LogP contribution in [0.4, 0.5) is 19.0 Å². The number of carbonyl (C=O) groups excluding carboxylic acids is 1. The van der Waals surface area contributed by atoms with Gasteiger partial charge in [0, 0.05) is 37.6 Å². The highest BCUT2D eigenvalue weighted by molar-refractivity contribution is 7.98. The van der Waals surface area contributed by atoms with E-state index in [2.05, 4.69) is 40.6 Å². The third kappa shape index (κ3) is 6.18. The highest BCUT2D eigenvalue weighted by atomic mass is 32.2. The molecule has 39 heavy (non-hydrogen) atoms. The van der Waals surface area contributed by atoms with Crippen LogP contribution >= 0.6 is 11.9 Å². The van der Waals surface area contributed by atoms with E-state index >= 15 is 0 Å². The molecule has 4 heterocycles. The first-order chi connectivity index (χ1) is 18.1. The van der Waals surface area contributed by atoms with Crippen molar-refractivity contribution < 1.29 is 22.7 Å². The summed E-state index contributed by atoms with van der Waals surface area (Å²) < 4.78 is 51.0. The van der Waals surface area contributed by atoms with E-state index < -0.39 is 18.2 Å². The Labute approximate surface area is 230 Å². The molecule has 1 N–H and O–H groups in total.